The van der Waals surface area contributed by atoms with E-state index >= 15 is 0 Å². The topological polar surface area (TPSA) is 104 Å². The zero-order chi connectivity index (χ0) is 21.8. The number of unbranched alkanes of at least 4 members (excludes halogenated alkanes) is 1. The average Bonchev–Trinajstić information content (AvgIpc) is 3.42. The van der Waals surface area contributed by atoms with Crippen LogP contribution in [0.3, 0.4) is 0 Å². The molecular weight excluding hydrogens is 398 g/mol. The van der Waals surface area contributed by atoms with Gasteiger partial charge in [0.15, 0.2) is 11.2 Å². The number of anilines is 1. The van der Waals surface area contributed by atoms with Gasteiger partial charge in [0.2, 0.25) is 5.91 Å². The third-order valence-electron chi connectivity index (χ3n) is 4.98. The Kier molecular flexibility index (Phi) is 5.83. The minimum Gasteiger partial charge on any atom is -0.467 e. The summed E-state index contributed by atoms with van der Waals surface area (Å²) >= 11 is 0. The minimum absolute atomic E-state index is 0.264. The van der Waals surface area contributed by atoms with E-state index in [0.29, 0.717) is 30.2 Å². The first-order chi connectivity index (χ1) is 15.1. The van der Waals surface area contributed by atoms with Crippen LogP contribution in [0.4, 0.5) is 5.69 Å². The molecule has 9 nitrogen and oxygen atoms in total. The van der Waals surface area contributed by atoms with Gasteiger partial charge in [-0.25, -0.2) is 14.3 Å². The van der Waals surface area contributed by atoms with Crippen LogP contribution in [-0.4, -0.2) is 24.6 Å². The van der Waals surface area contributed by atoms with Crippen molar-refractivity contribution in [3.63, 3.8) is 0 Å². The van der Waals surface area contributed by atoms with Crippen LogP contribution in [0.1, 0.15) is 25.5 Å². The maximum atomic E-state index is 13.3. The van der Waals surface area contributed by atoms with E-state index in [9.17, 15) is 14.4 Å². The van der Waals surface area contributed by atoms with Crippen LogP contribution in [0.5, 0.6) is 0 Å². The van der Waals surface area contributed by atoms with Gasteiger partial charge in [0.05, 0.1) is 19.1 Å². The zero-order valence-electron chi connectivity index (χ0n) is 17.2. The van der Waals surface area contributed by atoms with E-state index in [4.69, 9.17) is 4.42 Å². The molecule has 0 saturated carbocycles. The Morgan fingerprint density at radius 1 is 1.10 bits per heavy atom. The summed E-state index contributed by atoms with van der Waals surface area (Å²) in [6.45, 7) is 2.33. The first-order valence-corrected chi connectivity index (χ1v) is 10.1. The first-order valence-electron chi connectivity index (χ1n) is 10.1. The summed E-state index contributed by atoms with van der Waals surface area (Å²) in [6, 6.07) is 12.4. The molecule has 0 aliphatic carbocycles. The monoisotopic (exact) mass is 421 g/mol. The smallest absolute Gasteiger partial charge is 0.333 e. The number of para-hydroxylation sites is 1. The maximum Gasteiger partial charge on any atom is 0.333 e. The highest BCUT2D eigenvalue weighted by Crippen LogP contribution is 2.12. The first kappa shape index (κ1) is 20.4. The Balaban J connectivity index is 1.77. The number of carbonyl (C=O) groups is 1. The molecule has 0 radical (unpaired) electrons. The van der Waals surface area contributed by atoms with E-state index in [1.165, 1.54) is 10.9 Å². The molecule has 9 heteroatoms. The van der Waals surface area contributed by atoms with E-state index in [0.717, 1.165) is 17.4 Å². The van der Waals surface area contributed by atoms with E-state index in [1.54, 1.807) is 47.2 Å². The molecule has 0 fully saturated rings. The van der Waals surface area contributed by atoms with E-state index in [-0.39, 0.29) is 12.1 Å². The molecule has 0 bridgehead atoms. The molecule has 1 aromatic carbocycles. The Morgan fingerprint density at radius 2 is 1.90 bits per heavy atom. The second kappa shape index (κ2) is 8.86. The molecule has 3 heterocycles. The summed E-state index contributed by atoms with van der Waals surface area (Å²) in [4.78, 5) is 43.3. The highest BCUT2D eigenvalue weighted by molar-refractivity contribution is 5.90. The Morgan fingerprint density at radius 3 is 2.61 bits per heavy atom. The molecule has 0 spiro atoms. The van der Waals surface area contributed by atoms with Gasteiger partial charge in [-0.15, -0.1) is 0 Å². The van der Waals surface area contributed by atoms with Gasteiger partial charge in [-0.3, -0.25) is 14.2 Å². The molecule has 4 rings (SSSR count). The fourth-order valence-electron chi connectivity index (χ4n) is 3.45. The second-order valence-corrected chi connectivity index (χ2v) is 7.22. The number of nitrogens with zero attached hydrogens (tertiary/aromatic N) is 4. The van der Waals surface area contributed by atoms with Gasteiger partial charge in [0.25, 0.3) is 5.56 Å². The van der Waals surface area contributed by atoms with Crippen molar-refractivity contribution < 1.29 is 9.21 Å². The van der Waals surface area contributed by atoms with Crippen molar-refractivity contribution in [3.8, 4) is 0 Å². The molecule has 1 amide bonds. The number of amides is 1. The number of nitrogens with one attached hydrogen (secondary N) is 1. The minimum atomic E-state index is -0.556. The van der Waals surface area contributed by atoms with Gasteiger partial charge in [-0.05, 0) is 30.7 Å². The van der Waals surface area contributed by atoms with E-state index in [1.807, 2.05) is 13.0 Å². The molecule has 4 aromatic rings. The summed E-state index contributed by atoms with van der Waals surface area (Å²) in [6.07, 6.45) is 4.69. The highest BCUT2D eigenvalue weighted by Gasteiger charge is 2.20. The van der Waals surface area contributed by atoms with E-state index in [2.05, 4.69) is 10.3 Å². The van der Waals surface area contributed by atoms with Gasteiger partial charge < -0.3 is 14.3 Å². The Hall–Kier alpha value is -3.88. The summed E-state index contributed by atoms with van der Waals surface area (Å²) in [7, 11) is 0. The van der Waals surface area contributed by atoms with Crippen molar-refractivity contribution in [2.45, 2.75) is 39.4 Å². The van der Waals surface area contributed by atoms with Gasteiger partial charge in [0, 0.05) is 12.2 Å². The molecule has 31 heavy (non-hydrogen) atoms. The number of aromatic nitrogens is 4. The normalized spacial score (nSPS) is 11.1. The lowest BCUT2D eigenvalue weighted by molar-refractivity contribution is -0.116. The standard InChI is InChI=1S/C22H23N5O4/c1-2-3-11-26-20-19(25(15-23-20)13-17-10-7-12-31-17)21(29)27(22(26)30)14-18(28)24-16-8-5-4-6-9-16/h4-10,12,15H,2-3,11,13-14H2,1H3,(H,24,28). The number of hydrogen-bond acceptors (Lipinski definition) is 5. The fraction of sp³-hybridized carbons (Fsp3) is 0.273. The molecule has 0 atom stereocenters. The van der Waals surface area contributed by atoms with Crippen LogP contribution in [0.2, 0.25) is 0 Å². The molecule has 0 unspecified atom stereocenters. The van der Waals surface area contributed by atoms with Crippen molar-refractivity contribution in [2.24, 2.45) is 0 Å². The molecule has 0 aliphatic rings. The summed E-state index contributed by atoms with van der Waals surface area (Å²) in [5.41, 5.74) is 0.0718. The molecule has 160 valence electrons. The molecule has 0 aliphatic heterocycles. The number of carbonyl (C=O) groups excluding carboxylic acids is 1. The van der Waals surface area contributed by atoms with Crippen LogP contribution < -0.4 is 16.6 Å². The lowest BCUT2D eigenvalue weighted by atomic mass is 10.3. The number of imidazole rings is 1. The van der Waals surface area contributed by atoms with Crippen molar-refractivity contribution in [1.29, 1.82) is 0 Å². The summed E-state index contributed by atoms with van der Waals surface area (Å²) < 4.78 is 9.46. The lowest BCUT2D eigenvalue weighted by Crippen LogP contribution is -2.43. The van der Waals surface area contributed by atoms with Crippen LogP contribution in [-0.2, 0) is 24.4 Å². The maximum absolute atomic E-state index is 13.3. The zero-order valence-corrected chi connectivity index (χ0v) is 17.2. The number of benzene rings is 1. The summed E-state index contributed by atoms with van der Waals surface area (Å²) in [5.74, 6) is 0.197. The number of furan rings is 1. The van der Waals surface area contributed by atoms with Crippen LogP contribution >= 0.6 is 0 Å². The van der Waals surface area contributed by atoms with Crippen molar-refractivity contribution >= 4 is 22.8 Å². The van der Waals surface area contributed by atoms with Gasteiger partial charge >= 0.3 is 5.69 Å². The molecule has 0 saturated heterocycles. The lowest BCUT2D eigenvalue weighted by Gasteiger charge is -2.12. The van der Waals surface area contributed by atoms with Gasteiger partial charge in [0.1, 0.15) is 12.3 Å². The van der Waals surface area contributed by atoms with Crippen LogP contribution in [0.15, 0.2) is 69.1 Å². The number of rotatable bonds is 8. The van der Waals surface area contributed by atoms with Crippen molar-refractivity contribution in [2.75, 3.05) is 5.32 Å². The SMILES string of the molecule is CCCCn1c(=O)n(CC(=O)Nc2ccccc2)c(=O)c2c1ncn2Cc1ccco1. The summed E-state index contributed by atoms with van der Waals surface area (Å²) in [5, 5.41) is 2.72. The van der Waals surface area contributed by atoms with E-state index < -0.39 is 17.2 Å². The molecular formula is C22H23N5O4. The molecule has 3 aromatic heterocycles. The van der Waals surface area contributed by atoms with Crippen molar-refractivity contribution in [1.82, 2.24) is 18.7 Å². The van der Waals surface area contributed by atoms with Gasteiger partial charge in [-0.2, -0.15) is 0 Å². The number of hydrogen-bond donors (Lipinski definition) is 1. The fourth-order valence-corrected chi connectivity index (χ4v) is 3.45. The predicted molar refractivity (Wildman–Crippen MR) is 116 cm³/mol. The predicted octanol–water partition coefficient (Wildman–Crippen LogP) is 2.44. The van der Waals surface area contributed by atoms with Gasteiger partial charge in [-0.1, -0.05) is 31.5 Å². The number of aryl methyl sites for hydroxylation is 1. The average molecular weight is 421 g/mol. The van der Waals surface area contributed by atoms with Crippen molar-refractivity contribution in [3.05, 3.63) is 81.7 Å². The Bertz CT molecular complexity index is 1300. The highest BCUT2D eigenvalue weighted by atomic mass is 16.3. The Labute approximate surface area is 177 Å². The third kappa shape index (κ3) is 4.20. The number of fused-ring (bicyclic) bond motifs is 1. The molecule has 1 N–H and O–H groups in total. The quantitative estimate of drug-likeness (QED) is 0.471. The second-order valence-electron chi connectivity index (χ2n) is 7.22. The third-order valence-corrected chi connectivity index (χ3v) is 4.98. The largest absolute Gasteiger partial charge is 0.467 e. The van der Waals surface area contributed by atoms with Crippen LogP contribution in [0, 0.1) is 0 Å². The van der Waals surface area contributed by atoms with Crippen LogP contribution in [0.25, 0.3) is 11.2 Å².